The van der Waals surface area contributed by atoms with Crippen molar-refractivity contribution < 1.29 is 14.3 Å². The summed E-state index contributed by atoms with van der Waals surface area (Å²) in [5.74, 6) is -0.252. The van der Waals surface area contributed by atoms with Gasteiger partial charge in [0.2, 0.25) is 0 Å². The van der Waals surface area contributed by atoms with E-state index in [2.05, 4.69) is 5.32 Å². The molecule has 2 aromatic carbocycles. The summed E-state index contributed by atoms with van der Waals surface area (Å²) in [6.07, 6.45) is 0. The number of imide groups is 1. The topological polar surface area (TPSA) is 58.6 Å². The first-order valence-corrected chi connectivity index (χ1v) is 10.6. The highest BCUT2D eigenvalue weighted by Crippen LogP contribution is 2.39. The lowest BCUT2D eigenvalue weighted by Crippen LogP contribution is -2.32. The van der Waals surface area contributed by atoms with Crippen LogP contribution in [0.4, 0.5) is 11.4 Å². The number of aryl methyl sites for hydroxylation is 2. The summed E-state index contributed by atoms with van der Waals surface area (Å²) < 4.78 is 5.68. The second-order valence-corrected chi connectivity index (χ2v) is 7.96. The number of ether oxygens (including phenoxy) is 1. The number of thiophene rings is 1. The molecule has 0 bridgehead atoms. The van der Waals surface area contributed by atoms with E-state index in [0.717, 1.165) is 21.7 Å². The molecule has 5 nitrogen and oxygen atoms in total. The maximum absolute atomic E-state index is 13.5. The van der Waals surface area contributed by atoms with Crippen LogP contribution < -0.4 is 15.0 Å². The van der Waals surface area contributed by atoms with Crippen molar-refractivity contribution in [2.45, 2.75) is 20.8 Å². The van der Waals surface area contributed by atoms with Gasteiger partial charge in [-0.2, -0.15) is 0 Å². The monoisotopic (exact) mass is 418 g/mol. The number of nitrogens with zero attached hydrogens (tertiary/aromatic N) is 1. The minimum absolute atomic E-state index is 0.278. The van der Waals surface area contributed by atoms with Crippen LogP contribution in [0.15, 0.2) is 65.7 Å². The van der Waals surface area contributed by atoms with Crippen molar-refractivity contribution in [2.75, 3.05) is 16.8 Å². The summed E-state index contributed by atoms with van der Waals surface area (Å²) in [7, 11) is 0. The minimum Gasteiger partial charge on any atom is -0.492 e. The van der Waals surface area contributed by atoms with Crippen LogP contribution in [-0.2, 0) is 9.59 Å². The van der Waals surface area contributed by atoms with Crippen LogP contribution in [0.3, 0.4) is 0 Å². The Morgan fingerprint density at radius 1 is 1.00 bits per heavy atom. The summed E-state index contributed by atoms with van der Waals surface area (Å²) in [5, 5.41) is 5.13. The van der Waals surface area contributed by atoms with Crippen LogP contribution in [0, 0.1) is 13.8 Å². The first kappa shape index (κ1) is 19.9. The third kappa shape index (κ3) is 3.50. The molecule has 1 aromatic heterocycles. The molecule has 0 fully saturated rings. The molecule has 0 aliphatic carbocycles. The molecule has 0 spiro atoms. The fraction of sp³-hybridized carbons (Fsp3) is 0.167. The zero-order valence-corrected chi connectivity index (χ0v) is 17.9. The maximum Gasteiger partial charge on any atom is 0.282 e. The molecule has 1 aliphatic heterocycles. The van der Waals surface area contributed by atoms with E-state index in [1.165, 1.54) is 16.2 Å². The quantitative estimate of drug-likeness (QED) is 0.562. The van der Waals surface area contributed by atoms with Gasteiger partial charge < -0.3 is 10.1 Å². The Balaban J connectivity index is 1.81. The van der Waals surface area contributed by atoms with E-state index >= 15 is 0 Å². The zero-order valence-electron chi connectivity index (χ0n) is 17.1. The lowest BCUT2D eigenvalue weighted by molar-refractivity contribution is -0.120. The van der Waals surface area contributed by atoms with Gasteiger partial charge in [0.25, 0.3) is 11.8 Å². The van der Waals surface area contributed by atoms with Gasteiger partial charge in [-0.05, 0) is 56.0 Å². The number of para-hydroxylation sites is 2. The SMILES string of the molecule is CCOc1ccccc1N1C(=O)C(Nc2ccc(C)cc2C)=C(c2cccs2)C1=O. The van der Waals surface area contributed by atoms with E-state index in [9.17, 15) is 9.59 Å². The van der Waals surface area contributed by atoms with Crippen LogP contribution >= 0.6 is 11.3 Å². The molecule has 3 aromatic rings. The summed E-state index contributed by atoms with van der Waals surface area (Å²) in [6, 6.07) is 16.8. The number of carbonyl (C=O) groups is 2. The number of benzene rings is 2. The van der Waals surface area contributed by atoms with Crippen molar-refractivity contribution in [3.63, 3.8) is 0 Å². The Labute approximate surface area is 179 Å². The molecule has 0 saturated heterocycles. The average Bonchev–Trinajstić information content (AvgIpc) is 3.32. The average molecular weight is 419 g/mol. The number of hydrogen-bond donors (Lipinski definition) is 1. The molecule has 0 unspecified atom stereocenters. The van der Waals surface area contributed by atoms with Crippen molar-refractivity contribution in [1.82, 2.24) is 0 Å². The van der Waals surface area contributed by atoms with E-state index in [1.807, 2.05) is 62.5 Å². The second-order valence-electron chi connectivity index (χ2n) is 7.02. The second kappa shape index (κ2) is 8.16. The number of hydrogen-bond acceptors (Lipinski definition) is 5. The standard InChI is InChI=1S/C24H22N2O3S/c1-4-29-19-9-6-5-8-18(19)26-23(27)21(20-10-7-13-30-20)22(24(26)28)25-17-12-11-15(2)14-16(17)3/h5-14,25H,4H2,1-3H3. The molecule has 1 N–H and O–H groups in total. The Morgan fingerprint density at radius 2 is 1.80 bits per heavy atom. The Bertz CT molecular complexity index is 1150. The fourth-order valence-electron chi connectivity index (χ4n) is 3.52. The maximum atomic E-state index is 13.5. The first-order chi connectivity index (χ1) is 14.5. The van der Waals surface area contributed by atoms with Gasteiger partial charge in [0, 0.05) is 10.6 Å². The van der Waals surface area contributed by atoms with Crippen molar-refractivity contribution in [3.05, 3.63) is 81.7 Å². The highest BCUT2D eigenvalue weighted by Gasteiger charge is 2.41. The molecular formula is C24H22N2O3S. The largest absolute Gasteiger partial charge is 0.492 e. The molecule has 0 atom stereocenters. The molecule has 2 amide bonds. The van der Waals surface area contributed by atoms with Crippen molar-refractivity contribution in [2.24, 2.45) is 0 Å². The molecule has 4 rings (SSSR count). The third-order valence-corrected chi connectivity index (χ3v) is 5.79. The van der Waals surface area contributed by atoms with Gasteiger partial charge in [0.1, 0.15) is 11.4 Å². The fourth-order valence-corrected chi connectivity index (χ4v) is 4.29. The lowest BCUT2D eigenvalue weighted by atomic mass is 10.1. The zero-order chi connectivity index (χ0) is 21.3. The van der Waals surface area contributed by atoms with E-state index in [0.29, 0.717) is 23.6 Å². The number of amides is 2. The predicted molar refractivity (Wildman–Crippen MR) is 121 cm³/mol. The van der Waals surface area contributed by atoms with Gasteiger partial charge in [-0.25, -0.2) is 4.90 Å². The van der Waals surface area contributed by atoms with Crippen LogP contribution in [0.25, 0.3) is 5.57 Å². The molecular weight excluding hydrogens is 396 g/mol. The summed E-state index contributed by atoms with van der Waals surface area (Å²) >= 11 is 1.43. The lowest BCUT2D eigenvalue weighted by Gasteiger charge is -2.19. The summed E-state index contributed by atoms with van der Waals surface area (Å²) in [5.41, 5.74) is 4.03. The summed E-state index contributed by atoms with van der Waals surface area (Å²) in [6.45, 7) is 6.30. The predicted octanol–water partition coefficient (Wildman–Crippen LogP) is 5.16. The van der Waals surface area contributed by atoms with Gasteiger partial charge in [-0.1, -0.05) is 35.9 Å². The molecule has 6 heteroatoms. The van der Waals surface area contributed by atoms with Crippen molar-refractivity contribution >= 4 is 40.1 Å². The van der Waals surface area contributed by atoms with Crippen molar-refractivity contribution in [3.8, 4) is 5.75 Å². The number of nitrogens with one attached hydrogen (secondary N) is 1. The van der Waals surface area contributed by atoms with E-state index in [-0.39, 0.29) is 11.6 Å². The van der Waals surface area contributed by atoms with Crippen LogP contribution in [0.1, 0.15) is 22.9 Å². The van der Waals surface area contributed by atoms with Gasteiger partial charge >= 0.3 is 0 Å². The van der Waals surface area contributed by atoms with Crippen molar-refractivity contribution in [1.29, 1.82) is 0 Å². The number of rotatable bonds is 6. The molecule has 0 saturated carbocycles. The highest BCUT2D eigenvalue weighted by molar-refractivity contribution is 7.11. The van der Waals surface area contributed by atoms with Gasteiger partial charge in [0.15, 0.2) is 0 Å². The Kier molecular flexibility index (Phi) is 5.42. The molecule has 2 heterocycles. The smallest absolute Gasteiger partial charge is 0.282 e. The number of anilines is 2. The minimum atomic E-state index is -0.393. The van der Waals surface area contributed by atoms with E-state index in [4.69, 9.17) is 4.74 Å². The van der Waals surface area contributed by atoms with Crippen LogP contribution in [0.5, 0.6) is 5.75 Å². The molecule has 0 radical (unpaired) electrons. The molecule has 152 valence electrons. The Hall–Kier alpha value is -3.38. The normalized spacial score (nSPS) is 13.9. The Morgan fingerprint density at radius 3 is 2.50 bits per heavy atom. The van der Waals surface area contributed by atoms with Gasteiger partial charge in [0.05, 0.1) is 17.9 Å². The van der Waals surface area contributed by atoms with Crippen LogP contribution in [-0.4, -0.2) is 18.4 Å². The highest BCUT2D eigenvalue weighted by atomic mass is 32.1. The van der Waals surface area contributed by atoms with Gasteiger partial charge in [-0.3, -0.25) is 9.59 Å². The summed E-state index contributed by atoms with van der Waals surface area (Å²) in [4.78, 5) is 28.9. The first-order valence-electron chi connectivity index (χ1n) is 9.74. The third-order valence-electron chi connectivity index (χ3n) is 4.90. The number of carbonyl (C=O) groups excluding carboxylic acids is 2. The molecule has 1 aliphatic rings. The van der Waals surface area contributed by atoms with E-state index < -0.39 is 5.91 Å². The van der Waals surface area contributed by atoms with E-state index in [1.54, 1.807) is 18.2 Å². The van der Waals surface area contributed by atoms with Crippen LogP contribution in [0.2, 0.25) is 0 Å². The van der Waals surface area contributed by atoms with Gasteiger partial charge in [-0.15, -0.1) is 11.3 Å². The molecule has 30 heavy (non-hydrogen) atoms.